The summed E-state index contributed by atoms with van der Waals surface area (Å²) >= 11 is 8.20. The van der Waals surface area contributed by atoms with Gasteiger partial charge in [0, 0.05) is 22.8 Å². The van der Waals surface area contributed by atoms with Gasteiger partial charge in [0.25, 0.3) is 0 Å². The maximum absolute atomic E-state index is 6.23. The van der Waals surface area contributed by atoms with Crippen LogP contribution in [-0.4, -0.2) is 27.5 Å². The summed E-state index contributed by atoms with van der Waals surface area (Å²) in [6.07, 6.45) is 8.56. The quantitative estimate of drug-likeness (QED) is 0.833. The van der Waals surface area contributed by atoms with Crippen LogP contribution in [-0.2, 0) is 0 Å². The zero-order valence-corrected chi connectivity index (χ0v) is 13.1. The van der Waals surface area contributed by atoms with Crippen LogP contribution in [0.5, 0.6) is 0 Å². The second-order valence-electron chi connectivity index (χ2n) is 5.71. The lowest BCUT2D eigenvalue weighted by Gasteiger charge is -2.40. The average Bonchev–Trinajstić information content (AvgIpc) is 3.17. The highest BCUT2D eigenvalue weighted by Gasteiger charge is 2.36. The van der Waals surface area contributed by atoms with Crippen molar-refractivity contribution in [2.24, 2.45) is 0 Å². The molecule has 19 heavy (non-hydrogen) atoms. The van der Waals surface area contributed by atoms with Crippen LogP contribution < -0.4 is 5.32 Å². The molecule has 1 aromatic heterocycles. The lowest BCUT2D eigenvalue weighted by Crippen LogP contribution is -2.40. The number of thioether (sulfide) groups is 1. The van der Waals surface area contributed by atoms with Gasteiger partial charge in [0.1, 0.15) is 16.8 Å². The van der Waals surface area contributed by atoms with E-state index in [4.69, 9.17) is 11.6 Å². The molecule has 0 amide bonds. The molecule has 3 nitrogen and oxygen atoms in total. The zero-order valence-electron chi connectivity index (χ0n) is 11.5. The van der Waals surface area contributed by atoms with Gasteiger partial charge in [0.2, 0.25) is 0 Å². The second kappa shape index (κ2) is 5.13. The third kappa shape index (κ3) is 2.70. The fraction of sp³-hybridized carbons (Fsp3) is 0.714. The first-order valence-electron chi connectivity index (χ1n) is 6.97. The largest absolute Gasteiger partial charge is 0.368 e. The Hall–Kier alpha value is -0.480. The van der Waals surface area contributed by atoms with Crippen LogP contribution in [0.15, 0.2) is 0 Å². The molecule has 1 aromatic rings. The van der Waals surface area contributed by atoms with Gasteiger partial charge in [0.05, 0.1) is 0 Å². The Labute approximate surface area is 123 Å². The molecule has 2 saturated carbocycles. The molecule has 0 radical (unpaired) electrons. The summed E-state index contributed by atoms with van der Waals surface area (Å²) in [6.45, 7) is 2.97. The first-order chi connectivity index (χ1) is 9.13. The lowest BCUT2D eigenvalue weighted by molar-refractivity contribution is 0.379. The van der Waals surface area contributed by atoms with Gasteiger partial charge < -0.3 is 5.32 Å². The Morgan fingerprint density at radius 2 is 2.11 bits per heavy atom. The average molecular weight is 298 g/mol. The summed E-state index contributed by atoms with van der Waals surface area (Å²) in [7, 11) is 0. The standard InChI is InChI=1S/C14H20ClN3S/c1-9-11(15)17-13(10-4-5-10)18-12(9)16-8-14(19-2)6-3-7-14/h10H,3-8H2,1-2H3,(H,16,17,18). The van der Waals surface area contributed by atoms with Crippen molar-refractivity contribution < 1.29 is 0 Å². The SMILES string of the molecule is CSC1(CNc2nc(C3CC3)nc(Cl)c2C)CCC1. The number of anilines is 1. The van der Waals surface area contributed by atoms with Gasteiger partial charge in [-0.3, -0.25) is 0 Å². The number of aromatic nitrogens is 2. The zero-order chi connectivity index (χ0) is 13.5. The van der Waals surface area contributed by atoms with Gasteiger partial charge in [-0.15, -0.1) is 0 Å². The molecule has 0 spiro atoms. The van der Waals surface area contributed by atoms with Gasteiger partial charge in [-0.2, -0.15) is 11.8 Å². The van der Waals surface area contributed by atoms with E-state index in [9.17, 15) is 0 Å². The smallest absolute Gasteiger partial charge is 0.137 e. The third-order valence-electron chi connectivity index (χ3n) is 4.32. The Bertz CT molecular complexity index is 478. The molecule has 5 heteroatoms. The van der Waals surface area contributed by atoms with Crippen LogP contribution in [0.1, 0.15) is 49.4 Å². The van der Waals surface area contributed by atoms with Crippen molar-refractivity contribution in [1.29, 1.82) is 0 Å². The van der Waals surface area contributed by atoms with Crippen LogP contribution in [0.25, 0.3) is 0 Å². The van der Waals surface area contributed by atoms with Gasteiger partial charge in [-0.25, -0.2) is 9.97 Å². The molecule has 0 bridgehead atoms. The predicted octanol–water partition coefficient (Wildman–Crippen LogP) is 4.01. The minimum Gasteiger partial charge on any atom is -0.368 e. The van der Waals surface area contributed by atoms with E-state index in [1.807, 2.05) is 18.7 Å². The highest BCUT2D eigenvalue weighted by molar-refractivity contribution is 8.00. The third-order valence-corrected chi connectivity index (χ3v) is 6.11. The molecular formula is C14H20ClN3S. The molecule has 0 aliphatic heterocycles. The highest BCUT2D eigenvalue weighted by Crippen LogP contribution is 2.43. The summed E-state index contributed by atoms with van der Waals surface area (Å²) in [5, 5.41) is 4.12. The topological polar surface area (TPSA) is 37.8 Å². The Kier molecular flexibility index (Phi) is 3.65. The number of halogens is 1. The van der Waals surface area contributed by atoms with Crippen molar-refractivity contribution in [3.8, 4) is 0 Å². The van der Waals surface area contributed by atoms with E-state index in [-0.39, 0.29) is 0 Å². The monoisotopic (exact) mass is 297 g/mol. The maximum Gasteiger partial charge on any atom is 0.137 e. The molecule has 0 unspecified atom stereocenters. The summed E-state index contributed by atoms with van der Waals surface area (Å²) in [5.41, 5.74) is 0.974. The second-order valence-corrected chi connectivity index (χ2v) is 7.35. The summed E-state index contributed by atoms with van der Waals surface area (Å²) in [6, 6.07) is 0. The number of nitrogens with zero attached hydrogens (tertiary/aromatic N) is 2. The molecule has 3 rings (SSSR count). The van der Waals surface area contributed by atoms with Crippen LogP contribution in [0.4, 0.5) is 5.82 Å². The van der Waals surface area contributed by atoms with E-state index in [1.54, 1.807) is 0 Å². The van der Waals surface area contributed by atoms with Crippen molar-refractivity contribution in [3.05, 3.63) is 16.5 Å². The first-order valence-corrected chi connectivity index (χ1v) is 8.57. The molecule has 1 N–H and O–H groups in total. The molecule has 0 aromatic carbocycles. The van der Waals surface area contributed by atoms with E-state index >= 15 is 0 Å². The molecule has 0 atom stereocenters. The minimum atomic E-state index is 0.406. The van der Waals surface area contributed by atoms with Crippen LogP contribution in [0.2, 0.25) is 5.15 Å². The fourth-order valence-corrected chi connectivity index (χ4v) is 3.56. The lowest BCUT2D eigenvalue weighted by atomic mass is 9.84. The van der Waals surface area contributed by atoms with E-state index < -0.39 is 0 Å². The van der Waals surface area contributed by atoms with Crippen molar-refractivity contribution in [3.63, 3.8) is 0 Å². The Balaban J connectivity index is 1.75. The molecule has 2 aliphatic carbocycles. The van der Waals surface area contributed by atoms with Gasteiger partial charge in [-0.05, 0) is 38.9 Å². The molecule has 2 aliphatic rings. The molecule has 0 saturated heterocycles. The first kappa shape index (κ1) is 13.5. The number of hydrogen-bond donors (Lipinski definition) is 1. The normalized spacial score (nSPS) is 21.0. The van der Waals surface area contributed by atoms with E-state index in [0.29, 0.717) is 15.8 Å². The Morgan fingerprint density at radius 3 is 2.63 bits per heavy atom. The summed E-state index contributed by atoms with van der Waals surface area (Å²) in [5.74, 6) is 2.39. The maximum atomic E-state index is 6.23. The molecule has 2 fully saturated rings. The summed E-state index contributed by atoms with van der Waals surface area (Å²) < 4.78 is 0.406. The van der Waals surface area contributed by atoms with Crippen LogP contribution >= 0.6 is 23.4 Å². The highest BCUT2D eigenvalue weighted by atomic mass is 35.5. The molecule has 104 valence electrons. The van der Waals surface area contributed by atoms with Crippen molar-refractivity contribution >= 4 is 29.2 Å². The number of rotatable bonds is 5. The molecule has 1 heterocycles. The van der Waals surface area contributed by atoms with E-state index in [2.05, 4.69) is 21.5 Å². The summed E-state index contributed by atoms with van der Waals surface area (Å²) in [4.78, 5) is 9.08. The predicted molar refractivity (Wildman–Crippen MR) is 82.3 cm³/mol. The minimum absolute atomic E-state index is 0.406. The van der Waals surface area contributed by atoms with Crippen LogP contribution in [0, 0.1) is 6.92 Å². The van der Waals surface area contributed by atoms with E-state index in [1.165, 1.54) is 32.1 Å². The van der Waals surface area contributed by atoms with Gasteiger partial charge in [-0.1, -0.05) is 18.0 Å². The van der Waals surface area contributed by atoms with Crippen molar-refractivity contribution in [2.75, 3.05) is 18.1 Å². The fourth-order valence-electron chi connectivity index (χ4n) is 2.47. The Morgan fingerprint density at radius 1 is 1.37 bits per heavy atom. The van der Waals surface area contributed by atoms with Crippen LogP contribution in [0.3, 0.4) is 0 Å². The number of hydrogen-bond acceptors (Lipinski definition) is 4. The number of nitrogens with one attached hydrogen (secondary N) is 1. The van der Waals surface area contributed by atoms with Gasteiger partial charge >= 0.3 is 0 Å². The van der Waals surface area contributed by atoms with E-state index in [0.717, 1.165) is 23.8 Å². The van der Waals surface area contributed by atoms with Gasteiger partial charge in [0.15, 0.2) is 0 Å². The molecular weight excluding hydrogens is 278 g/mol. The van der Waals surface area contributed by atoms with Crippen molar-refractivity contribution in [1.82, 2.24) is 9.97 Å². The van der Waals surface area contributed by atoms with Crippen molar-refractivity contribution in [2.45, 2.75) is 49.7 Å².